The van der Waals surface area contributed by atoms with Gasteiger partial charge in [-0.2, -0.15) is 0 Å². The number of hydrogen-bond acceptors (Lipinski definition) is 6. The van der Waals surface area contributed by atoms with E-state index in [0.717, 1.165) is 54.8 Å². The first-order valence-corrected chi connectivity index (χ1v) is 8.73. The van der Waals surface area contributed by atoms with Gasteiger partial charge in [0.2, 0.25) is 12.6 Å². The number of ketones is 1. The lowest BCUT2D eigenvalue weighted by molar-refractivity contribution is -0.139. The number of nitrogens with zero attached hydrogens (tertiary/aromatic N) is 1. The second-order valence-electron chi connectivity index (χ2n) is 7.13. The van der Waals surface area contributed by atoms with Crippen molar-refractivity contribution < 1.29 is 23.8 Å². The van der Waals surface area contributed by atoms with Gasteiger partial charge in [-0.1, -0.05) is 0 Å². The van der Waals surface area contributed by atoms with E-state index < -0.39 is 5.97 Å². The zero-order chi connectivity index (χ0) is 17.2. The number of esters is 1. The smallest absolute Gasteiger partial charge is 0.308 e. The molecule has 0 bridgehead atoms. The van der Waals surface area contributed by atoms with Crippen LogP contribution in [0.2, 0.25) is 0 Å². The highest BCUT2D eigenvalue weighted by Crippen LogP contribution is 2.53. The number of ether oxygens (including phenoxy) is 3. The summed E-state index contributed by atoms with van der Waals surface area (Å²) in [5.74, 6) is 1.12. The van der Waals surface area contributed by atoms with Crippen LogP contribution in [0.5, 0.6) is 11.5 Å². The Morgan fingerprint density at radius 3 is 2.84 bits per heavy atom. The SMILES string of the molecule is CC(=O)OC1=C2c3cc4c(cc3CCN3CCC[C@]23CC1=O)OCO4. The molecule has 1 spiro atoms. The van der Waals surface area contributed by atoms with E-state index in [1.54, 1.807) is 0 Å². The Labute approximate surface area is 145 Å². The van der Waals surface area contributed by atoms with Crippen molar-refractivity contribution in [2.45, 2.75) is 38.1 Å². The lowest BCUT2D eigenvalue weighted by Gasteiger charge is -2.35. The molecule has 0 aromatic heterocycles. The van der Waals surface area contributed by atoms with Gasteiger partial charge in [0, 0.05) is 25.5 Å². The molecule has 0 unspecified atom stereocenters. The molecular formula is C19H19NO5. The summed E-state index contributed by atoms with van der Waals surface area (Å²) in [5.41, 5.74) is 2.61. The maximum absolute atomic E-state index is 12.8. The molecule has 6 heteroatoms. The molecule has 0 N–H and O–H groups in total. The Morgan fingerprint density at radius 1 is 1.24 bits per heavy atom. The summed E-state index contributed by atoms with van der Waals surface area (Å²) in [6, 6.07) is 3.97. The van der Waals surface area contributed by atoms with E-state index in [9.17, 15) is 9.59 Å². The van der Waals surface area contributed by atoms with Gasteiger partial charge in [-0.15, -0.1) is 0 Å². The second kappa shape index (κ2) is 5.08. The molecule has 1 atom stereocenters. The predicted molar refractivity (Wildman–Crippen MR) is 88.1 cm³/mol. The fourth-order valence-electron chi connectivity index (χ4n) is 4.83. The van der Waals surface area contributed by atoms with Crippen molar-refractivity contribution in [1.29, 1.82) is 0 Å². The third kappa shape index (κ3) is 2.00. The van der Waals surface area contributed by atoms with Crippen LogP contribution in [0, 0.1) is 0 Å². The first kappa shape index (κ1) is 15.0. The molecule has 3 aliphatic heterocycles. The molecule has 1 saturated heterocycles. The van der Waals surface area contributed by atoms with Crippen molar-refractivity contribution in [3.05, 3.63) is 29.0 Å². The van der Waals surface area contributed by atoms with E-state index in [2.05, 4.69) is 4.90 Å². The van der Waals surface area contributed by atoms with Crippen molar-refractivity contribution in [3.63, 3.8) is 0 Å². The van der Waals surface area contributed by atoms with Gasteiger partial charge in [0.15, 0.2) is 17.3 Å². The van der Waals surface area contributed by atoms with Gasteiger partial charge in [-0.3, -0.25) is 14.5 Å². The first-order chi connectivity index (χ1) is 12.1. The van der Waals surface area contributed by atoms with E-state index >= 15 is 0 Å². The number of carbonyl (C=O) groups excluding carboxylic acids is 2. The molecule has 130 valence electrons. The molecule has 1 aromatic carbocycles. The van der Waals surface area contributed by atoms with Crippen LogP contribution in [0.25, 0.3) is 5.57 Å². The summed E-state index contributed by atoms with van der Waals surface area (Å²) in [4.78, 5) is 26.8. The molecule has 3 heterocycles. The lowest BCUT2D eigenvalue weighted by Crippen LogP contribution is -2.43. The van der Waals surface area contributed by atoms with Crippen molar-refractivity contribution in [3.8, 4) is 11.5 Å². The van der Waals surface area contributed by atoms with E-state index in [0.29, 0.717) is 12.2 Å². The fourth-order valence-corrected chi connectivity index (χ4v) is 4.83. The van der Waals surface area contributed by atoms with Crippen LogP contribution in [-0.2, 0) is 20.7 Å². The van der Waals surface area contributed by atoms with Gasteiger partial charge in [-0.25, -0.2) is 0 Å². The molecule has 5 rings (SSSR count). The molecule has 25 heavy (non-hydrogen) atoms. The number of fused-ring (bicyclic) bond motifs is 3. The number of Topliss-reactive ketones (excluding diaryl/α,β-unsaturated/α-hetero) is 1. The zero-order valence-electron chi connectivity index (χ0n) is 14.1. The van der Waals surface area contributed by atoms with Crippen LogP contribution in [0.15, 0.2) is 17.9 Å². The van der Waals surface area contributed by atoms with E-state index in [-0.39, 0.29) is 23.9 Å². The predicted octanol–water partition coefficient (Wildman–Crippen LogP) is 2.05. The second-order valence-corrected chi connectivity index (χ2v) is 7.13. The maximum Gasteiger partial charge on any atom is 0.308 e. The van der Waals surface area contributed by atoms with E-state index in [1.807, 2.05) is 12.1 Å². The van der Waals surface area contributed by atoms with E-state index in [1.165, 1.54) is 6.92 Å². The Kier molecular flexibility index (Phi) is 3.04. The number of allylic oxidation sites excluding steroid dienone is 1. The summed E-state index contributed by atoms with van der Waals surface area (Å²) < 4.78 is 16.5. The Bertz CT molecular complexity index is 842. The normalized spacial score (nSPS) is 27.0. The molecule has 0 saturated carbocycles. The molecular weight excluding hydrogens is 322 g/mol. The summed E-state index contributed by atoms with van der Waals surface area (Å²) in [5, 5.41) is 0. The first-order valence-electron chi connectivity index (χ1n) is 8.73. The Hall–Kier alpha value is -2.34. The van der Waals surface area contributed by atoms with Gasteiger partial charge in [0.25, 0.3) is 0 Å². The molecule has 0 amide bonds. The van der Waals surface area contributed by atoms with Crippen LogP contribution < -0.4 is 9.47 Å². The van der Waals surface area contributed by atoms with Gasteiger partial charge < -0.3 is 14.2 Å². The number of hydrogen-bond donors (Lipinski definition) is 0. The molecule has 1 aliphatic carbocycles. The highest BCUT2D eigenvalue weighted by molar-refractivity contribution is 6.10. The summed E-state index contributed by atoms with van der Waals surface area (Å²) >= 11 is 0. The number of benzene rings is 1. The van der Waals surface area contributed by atoms with Gasteiger partial charge in [0.05, 0.1) is 5.54 Å². The van der Waals surface area contributed by atoms with Crippen LogP contribution in [-0.4, -0.2) is 42.1 Å². The molecule has 1 aromatic rings. The van der Waals surface area contributed by atoms with Crippen LogP contribution in [0.4, 0.5) is 0 Å². The minimum absolute atomic E-state index is 0.0809. The Balaban J connectivity index is 1.78. The number of rotatable bonds is 1. The number of carbonyl (C=O) groups is 2. The Morgan fingerprint density at radius 2 is 2.04 bits per heavy atom. The van der Waals surface area contributed by atoms with Crippen LogP contribution in [0.3, 0.4) is 0 Å². The fraction of sp³-hybridized carbons (Fsp3) is 0.474. The quantitative estimate of drug-likeness (QED) is 0.729. The van der Waals surface area contributed by atoms with Crippen molar-refractivity contribution >= 4 is 17.3 Å². The highest BCUT2D eigenvalue weighted by Gasteiger charge is 2.54. The molecule has 4 aliphatic rings. The van der Waals surface area contributed by atoms with Gasteiger partial charge in [0.1, 0.15) is 0 Å². The van der Waals surface area contributed by atoms with Gasteiger partial charge >= 0.3 is 5.97 Å². The lowest BCUT2D eigenvalue weighted by atomic mass is 9.83. The maximum atomic E-state index is 12.8. The average Bonchev–Trinajstić information content (AvgIpc) is 3.22. The molecule has 6 nitrogen and oxygen atoms in total. The van der Waals surface area contributed by atoms with Crippen molar-refractivity contribution in [1.82, 2.24) is 4.90 Å². The average molecular weight is 341 g/mol. The molecule has 0 radical (unpaired) electrons. The molecule has 1 fully saturated rings. The third-order valence-corrected chi connectivity index (χ3v) is 5.79. The summed E-state index contributed by atoms with van der Waals surface area (Å²) in [7, 11) is 0. The highest BCUT2D eigenvalue weighted by atomic mass is 16.7. The van der Waals surface area contributed by atoms with Crippen LogP contribution >= 0.6 is 0 Å². The van der Waals surface area contributed by atoms with Crippen molar-refractivity contribution in [2.24, 2.45) is 0 Å². The topological polar surface area (TPSA) is 65.1 Å². The van der Waals surface area contributed by atoms with Gasteiger partial charge in [-0.05, 0) is 49.1 Å². The summed E-state index contributed by atoms with van der Waals surface area (Å²) in [6.45, 7) is 3.40. The minimum Gasteiger partial charge on any atom is -0.454 e. The van der Waals surface area contributed by atoms with Crippen LogP contribution in [0.1, 0.15) is 37.3 Å². The van der Waals surface area contributed by atoms with Crippen molar-refractivity contribution in [2.75, 3.05) is 19.9 Å². The standard InChI is InChI=1S/C19H19NO5/c1-11(21)25-18-14(22)9-19-4-2-5-20(19)6-3-12-7-15-16(24-10-23-15)8-13(12)17(18)19/h7-8H,2-6,9-10H2,1H3/t19-/m0/s1. The monoisotopic (exact) mass is 341 g/mol. The minimum atomic E-state index is -0.455. The zero-order valence-corrected chi connectivity index (χ0v) is 14.1. The third-order valence-electron chi connectivity index (χ3n) is 5.79. The largest absolute Gasteiger partial charge is 0.454 e. The summed E-state index contributed by atoms with van der Waals surface area (Å²) in [6.07, 6.45) is 3.22. The van der Waals surface area contributed by atoms with E-state index in [4.69, 9.17) is 14.2 Å².